The van der Waals surface area contributed by atoms with Gasteiger partial charge in [-0.25, -0.2) is 0 Å². The minimum absolute atomic E-state index is 0. The summed E-state index contributed by atoms with van der Waals surface area (Å²) in [6.45, 7) is -0.250. The van der Waals surface area contributed by atoms with Gasteiger partial charge in [0.25, 0.3) is 0 Å². The number of hydrogen-bond acceptors (Lipinski definition) is 2. The van der Waals surface area contributed by atoms with E-state index in [0.29, 0.717) is 0 Å². The van der Waals surface area contributed by atoms with Gasteiger partial charge in [0.05, 0.1) is 13.2 Å². The van der Waals surface area contributed by atoms with Crippen LogP contribution in [0.1, 0.15) is 0 Å². The third-order valence-corrected chi connectivity index (χ3v) is 0.1000. The second-order valence-electron chi connectivity index (χ2n) is 0.447. The Morgan fingerprint density at radius 1 is 0.833 bits per heavy atom. The average Bonchev–Trinajstić information content (AvgIpc) is 1.37. The van der Waals surface area contributed by atoms with Gasteiger partial charge in [-0.05, 0) is 0 Å². The SMILES string of the molecule is OCCO.[NaH].[NaH]. The number of hydrogen-bond donors (Lipinski definition) is 2. The molecule has 0 aromatic carbocycles. The van der Waals surface area contributed by atoms with Crippen LogP contribution in [0.4, 0.5) is 0 Å². The van der Waals surface area contributed by atoms with Crippen molar-refractivity contribution in [1.82, 2.24) is 0 Å². The number of aliphatic hydroxyl groups excluding tert-OH is 2. The molecule has 0 aliphatic rings. The third kappa shape index (κ3) is 16.8. The van der Waals surface area contributed by atoms with Gasteiger partial charge < -0.3 is 10.2 Å². The van der Waals surface area contributed by atoms with Crippen molar-refractivity contribution in [1.29, 1.82) is 0 Å². The van der Waals surface area contributed by atoms with Crippen LogP contribution in [0.2, 0.25) is 0 Å². The first-order valence-corrected chi connectivity index (χ1v) is 1.13. The summed E-state index contributed by atoms with van der Waals surface area (Å²) in [5.74, 6) is 0. The second kappa shape index (κ2) is 15.8. The van der Waals surface area contributed by atoms with Crippen molar-refractivity contribution in [3.63, 3.8) is 0 Å². The molecular weight excluding hydrogens is 102 g/mol. The third-order valence-electron chi connectivity index (χ3n) is 0.1000. The molecule has 0 aromatic heterocycles. The van der Waals surface area contributed by atoms with Gasteiger partial charge in [0.2, 0.25) is 0 Å². The molecule has 2 nitrogen and oxygen atoms in total. The predicted octanol–water partition coefficient (Wildman–Crippen LogP) is -2.33. The van der Waals surface area contributed by atoms with Gasteiger partial charge in [0, 0.05) is 0 Å². The Hall–Kier alpha value is 1.92. The molecule has 0 spiro atoms. The predicted molar refractivity (Wildman–Crippen MR) is 28.5 cm³/mol. The van der Waals surface area contributed by atoms with Crippen LogP contribution in [0.3, 0.4) is 0 Å². The van der Waals surface area contributed by atoms with Gasteiger partial charge in [-0.3, -0.25) is 0 Å². The van der Waals surface area contributed by atoms with Crippen molar-refractivity contribution in [2.75, 3.05) is 13.2 Å². The van der Waals surface area contributed by atoms with Crippen LogP contribution in [0.15, 0.2) is 0 Å². The zero-order chi connectivity index (χ0) is 3.41. The Morgan fingerprint density at radius 3 is 1.00 bits per heavy atom. The first-order chi connectivity index (χ1) is 1.91. The molecule has 0 rings (SSSR count). The van der Waals surface area contributed by atoms with Crippen molar-refractivity contribution >= 4 is 59.1 Å². The molecular formula is C2H8Na2O2. The number of aliphatic hydroxyl groups is 2. The van der Waals surface area contributed by atoms with Crippen molar-refractivity contribution in [3.05, 3.63) is 0 Å². The summed E-state index contributed by atoms with van der Waals surface area (Å²) in [5, 5.41) is 15.2. The number of rotatable bonds is 1. The topological polar surface area (TPSA) is 40.5 Å². The molecule has 6 heavy (non-hydrogen) atoms. The van der Waals surface area contributed by atoms with Crippen molar-refractivity contribution in [2.45, 2.75) is 0 Å². The van der Waals surface area contributed by atoms with Crippen LogP contribution >= 0.6 is 0 Å². The van der Waals surface area contributed by atoms with E-state index in [9.17, 15) is 0 Å². The molecule has 0 bridgehead atoms. The summed E-state index contributed by atoms with van der Waals surface area (Å²) >= 11 is 0. The molecule has 0 atom stereocenters. The average molecular weight is 110 g/mol. The first-order valence-electron chi connectivity index (χ1n) is 1.13. The van der Waals surface area contributed by atoms with Crippen LogP contribution < -0.4 is 0 Å². The second-order valence-corrected chi connectivity index (χ2v) is 0.447. The summed E-state index contributed by atoms with van der Waals surface area (Å²) in [6.07, 6.45) is 0. The standard InChI is InChI=1S/C2H6O2.2Na.2H/c3-1-2-4;;;;/h3-4H,1-2H2;;;;. The summed E-state index contributed by atoms with van der Waals surface area (Å²) in [5.41, 5.74) is 0. The zero-order valence-electron chi connectivity index (χ0n) is 2.31. The molecule has 0 unspecified atom stereocenters. The summed E-state index contributed by atoms with van der Waals surface area (Å²) in [4.78, 5) is 0. The van der Waals surface area contributed by atoms with Crippen LogP contribution in [-0.4, -0.2) is 82.5 Å². The van der Waals surface area contributed by atoms with E-state index in [1.54, 1.807) is 0 Å². The first kappa shape index (κ1) is 15.7. The molecule has 30 valence electrons. The van der Waals surface area contributed by atoms with Gasteiger partial charge in [0.15, 0.2) is 0 Å². The molecule has 0 aliphatic carbocycles. The van der Waals surface area contributed by atoms with Gasteiger partial charge in [0.1, 0.15) is 0 Å². The van der Waals surface area contributed by atoms with Gasteiger partial charge in [-0.2, -0.15) is 0 Å². The van der Waals surface area contributed by atoms with E-state index in [1.807, 2.05) is 0 Å². The molecule has 0 radical (unpaired) electrons. The van der Waals surface area contributed by atoms with E-state index in [-0.39, 0.29) is 72.3 Å². The van der Waals surface area contributed by atoms with Gasteiger partial charge in [-0.1, -0.05) is 0 Å². The Morgan fingerprint density at radius 2 is 1.00 bits per heavy atom. The van der Waals surface area contributed by atoms with Crippen molar-refractivity contribution < 1.29 is 10.2 Å². The fraction of sp³-hybridized carbons (Fsp3) is 1.00. The Bertz CT molecular complexity index is 11.5. The Balaban J connectivity index is -0.0000000450. The van der Waals surface area contributed by atoms with E-state index < -0.39 is 0 Å². The zero-order valence-corrected chi connectivity index (χ0v) is 2.31. The maximum absolute atomic E-state index is 7.62. The monoisotopic (exact) mass is 110 g/mol. The Kier molecular flexibility index (Phi) is 41.2. The fourth-order valence-electron chi connectivity index (χ4n) is 0. The minimum atomic E-state index is -0.125. The van der Waals surface area contributed by atoms with E-state index in [1.165, 1.54) is 0 Å². The molecule has 0 amide bonds. The molecule has 0 saturated heterocycles. The van der Waals surface area contributed by atoms with Crippen molar-refractivity contribution in [3.8, 4) is 0 Å². The van der Waals surface area contributed by atoms with Crippen LogP contribution in [0.25, 0.3) is 0 Å². The molecule has 0 saturated carbocycles. The van der Waals surface area contributed by atoms with Crippen LogP contribution in [0.5, 0.6) is 0 Å². The maximum atomic E-state index is 7.62. The van der Waals surface area contributed by atoms with E-state index >= 15 is 0 Å². The summed E-state index contributed by atoms with van der Waals surface area (Å²) in [7, 11) is 0. The van der Waals surface area contributed by atoms with Gasteiger partial charge >= 0.3 is 59.1 Å². The Labute approximate surface area is 81.5 Å². The molecule has 0 aliphatic heterocycles. The van der Waals surface area contributed by atoms with E-state index in [0.717, 1.165) is 0 Å². The molecule has 0 fully saturated rings. The quantitative estimate of drug-likeness (QED) is 0.372. The van der Waals surface area contributed by atoms with Crippen molar-refractivity contribution in [2.24, 2.45) is 0 Å². The molecule has 2 N–H and O–H groups in total. The molecule has 0 heterocycles. The normalized spacial score (nSPS) is 5.00. The molecule has 0 aromatic rings. The fourth-order valence-corrected chi connectivity index (χ4v) is 0. The molecule has 4 heteroatoms. The van der Waals surface area contributed by atoms with Gasteiger partial charge in [-0.15, -0.1) is 0 Å². The van der Waals surface area contributed by atoms with E-state index in [4.69, 9.17) is 10.2 Å². The summed E-state index contributed by atoms with van der Waals surface area (Å²) in [6, 6.07) is 0. The van der Waals surface area contributed by atoms with Crippen LogP contribution in [-0.2, 0) is 0 Å². The van der Waals surface area contributed by atoms with Crippen LogP contribution in [0, 0.1) is 0 Å². The summed E-state index contributed by atoms with van der Waals surface area (Å²) < 4.78 is 0. The van der Waals surface area contributed by atoms with E-state index in [2.05, 4.69) is 0 Å².